The van der Waals surface area contributed by atoms with Crippen LogP contribution in [0.2, 0.25) is 0 Å². The molecule has 668 valence electrons. The Morgan fingerprint density at radius 1 is 0.603 bits per heavy atom. The minimum absolute atomic E-state index is 0. The minimum Gasteiger partial charge on any atom is -0.478 e. The number of nitriles is 2. The summed E-state index contributed by atoms with van der Waals surface area (Å²) in [5.41, 5.74) is 43.2. The molecule has 0 bridgehead atoms. The Kier molecular flexibility index (Phi) is 51.3. The van der Waals surface area contributed by atoms with E-state index in [1.807, 2.05) is 178 Å². The normalized spacial score (nSPS) is 10.5. The first-order chi connectivity index (χ1) is 58.9. The molecule has 1 aliphatic heterocycles. The topological polar surface area (TPSA) is 480 Å². The molecule has 0 radical (unpaired) electrons. The van der Waals surface area contributed by atoms with Crippen LogP contribution >= 0.6 is 45.8 Å². The summed E-state index contributed by atoms with van der Waals surface area (Å²) in [6.45, 7) is 31.3. The molecule has 2 unspecified atom stereocenters. The summed E-state index contributed by atoms with van der Waals surface area (Å²) in [6, 6.07) is 42.9. The number of carbonyl (C=O) groups excluding carboxylic acids is 4. The van der Waals surface area contributed by atoms with Gasteiger partial charge in [-0.15, -0.1) is 23.2 Å². The van der Waals surface area contributed by atoms with E-state index in [0.717, 1.165) is 76.6 Å². The SMILES string of the molecule is C.C.C.COC(C)CC(C)=C(C#N)C#N.COC(C)CC(C)=O.Cc1ccccc1-n1c(CCl)nc2nccc(C)c2c1=O.Cc1ccccc1N.Cc1ccccc1NC(=O)c1c(C)ccnc1N.Cc1ccccc1NC(=O)c1c(C)ccnc1NC(=O)CCl.Cc1ccnc(N)c1C(=O)O.Nc1ncnc2c1C(I)=NC2.[2H]CF.[C-]#[N+]c1c(C)ccnc1N. The van der Waals surface area contributed by atoms with Gasteiger partial charge in [-0.25, -0.2) is 44.5 Å². The molecule has 30 nitrogen and oxygen atoms in total. The van der Waals surface area contributed by atoms with Crippen LogP contribution in [0.5, 0.6) is 0 Å². The molecule has 4 aromatic carbocycles. The Balaban J connectivity index is 0.00000143. The summed E-state index contributed by atoms with van der Waals surface area (Å²) < 4.78 is 27.8. The van der Waals surface area contributed by atoms with E-state index in [1.165, 1.54) is 18.7 Å². The summed E-state index contributed by atoms with van der Waals surface area (Å²) in [4.78, 5) is 109. The molecule has 0 aliphatic carbocycles. The van der Waals surface area contributed by atoms with Gasteiger partial charge >= 0.3 is 5.97 Å². The number of nitrogens with zero attached hydrogens (tertiary/aromatic N) is 13. The third-order valence-corrected chi connectivity index (χ3v) is 18.9. The van der Waals surface area contributed by atoms with Crippen LogP contribution in [0.25, 0.3) is 21.6 Å². The van der Waals surface area contributed by atoms with Crippen molar-refractivity contribution < 1.29 is 44.3 Å². The lowest BCUT2D eigenvalue weighted by atomic mass is 10.1. The number of fused-ring (bicyclic) bond motifs is 2. The highest BCUT2D eigenvalue weighted by atomic mass is 127. The van der Waals surface area contributed by atoms with Crippen molar-refractivity contribution in [1.29, 1.82) is 10.5 Å². The first-order valence-corrected chi connectivity index (χ1v) is 39.4. The molecule has 1 aliphatic rings. The number of methoxy groups -OCH3 is 2. The molecule has 34 heteroatoms. The lowest BCUT2D eigenvalue weighted by molar-refractivity contribution is -0.119. The number of benzene rings is 4. The van der Waals surface area contributed by atoms with Gasteiger partial charge in [-0.05, 0) is 223 Å². The predicted molar refractivity (Wildman–Crippen MR) is 514 cm³/mol. The number of ketones is 1. The number of amides is 3. The Hall–Kier alpha value is -13.6. The number of nitrogens with two attached hydrogens (primary N) is 5. The van der Waals surface area contributed by atoms with Gasteiger partial charge in [0.05, 0.1) is 73.2 Å². The number of anilines is 8. The Morgan fingerprint density at radius 3 is 1.48 bits per heavy atom. The monoisotopic (exact) mass is 1870 g/mol. The van der Waals surface area contributed by atoms with Gasteiger partial charge < -0.3 is 59.2 Å². The fraction of sp³-hybridized carbons (Fsp3) is 0.283. The first kappa shape index (κ1) is 110. The van der Waals surface area contributed by atoms with Crippen LogP contribution in [-0.2, 0) is 31.5 Å². The van der Waals surface area contributed by atoms with Crippen molar-refractivity contribution in [3.63, 3.8) is 0 Å². The number of hydrogen-bond acceptors (Lipinski definition) is 24. The highest BCUT2D eigenvalue weighted by Crippen LogP contribution is 2.27. The van der Waals surface area contributed by atoms with E-state index in [-0.39, 0.29) is 98.0 Å². The third kappa shape index (κ3) is 35.3. The molecule has 7 aromatic heterocycles. The number of nitrogen functional groups attached to an aromatic ring is 5. The zero-order valence-electron chi connectivity index (χ0n) is 71.9. The standard InChI is InChI=1S/C16H16ClN3O2.C16H14ClN3O.C14H15N3O.C9H12N2O.C7H7N3.C7H8N2O2.C7H9N.C6H5IN4.C6H12O2.CH3F.3CH4/c1-10-5-3-4-6-12(10)19-16(22)14-11(2)7-8-18-15(14)20-13(21)9-17;1-10-5-3-4-6-12(10)20-13(9-17)19-15-14(16(20)21)11(2)7-8-18-15;1-9-5-3-4-6-11(9)17-14(18)12-10(2)7-8-16-13(12)15;1-7(4-8(2)12-3)9(5-10)6-11;1-5-3-4-10-7(8)6(5)9-2;1-4-2-3-9-6(8)5(4)7(10)11;1-6-4-2-3-5-7(6)8;7-5-4-3(1-9-5)10-2-11-6(4)8;1-5(7)4-6(2)8-3;1-2;;;/h3-8H,9H2,1-2H3,(H,19,22)(H,18,20,21);3-8H,9H2,1-2H3;3-8H,1-2H3,(H2,15,16)(H,17,18);8H,4H2,1-3H3;3-4H,1H3,(H2,8,10);2-3H,1H3,(H2,8,9)(H,10,11);2-5H,8H2,1H3;2H,1H2,(H2,8,10,11);6H,4H2,1-3H3;1H3;3*1H4/i;;;;;;;;;1D;;;. The van der Waals surface area contributed by atoms with Gasteiger partial charge in [0.2, 0.25) is 11.6 Å². The molecule has 3 amide bonds. The van der Waals surface area contributed by atoms with Crippen molar-refractivity contribution in [3.05, 3.63) is 281 Å². The van der Waals surface area contributed by atoms with E-state index in [0.29, 0.717) is 81.5 Å². The van der Waals surface area contributed by atoms with Crippen LogP contribution in [0.3, 0.4) is 0 Å². The van der Waals surface area contributed by atoms with Gasteiger partial charge in [-0.3, -0.25) is 42.9 Å². The molecule has 0 fully saturated rings. The summed E-state index contributed by atoms with van der Waals surface area (Å²) in [7, 11) is 2.21. The lowest BCUT2D eigenvalue weighted by Crippen LogP contribution is -2.25. The third-order valence-electron chi connectivity index (χ3n) is 17.5. The van der Waals surface area contributed by atoms with E-state index in [1.54, 1.807) is 89.3 Å². The number of halogens is 4. The van der Waals surface area contributed by atoms with E-state index >= 15 is 0 Å². The average molecular weight is 1870 g/mol. The average Bonchev–Trinajstić information content (AvgIpc) is 1.13. The number of para-hydroxylation sites is 4. The molecule has 2 atom stereocenters. The second-order valence-corrected chi connectivity index (χ2v) is 28.2. The highest BCUT2D eigenvalue weighted by molar-refractivity contribution is 14.1. The van der Waals surface area contributed by atoms with Gasteiger partial charge in [0, 0.05) is 68.7 Å². The summed E-state index contributed by atoms with van der Waals surface area (Å²) >= 11 is 13.6. The predicted octanol–water partition coefficient (Wildman–Crippen LogP) is 18.6. The maximum atomic E-state index is 12.9. The van der Waals surface area contributed by atoms with Gasteiger partial charge in [-0.2, -0.15) is 10.5 Å². The minimum atomic E-state index is -1.03. The van der Waals surface area contributed by atoms with Crippen molar-refractivity contribution in [2.75, 3.05) is 71.9 Å². The quantitative estimate of drug-likeness (QED) is 0.0151. The maximum absolute atomic E-state index is 12.9. The summed E-state index contributed by atoms with van der Waals surface area (Å²) in [5.74, 6) is -0.00858. The first-order valence-electron chi connectivity index (χ1n) is 38.0. The van der Waals surface area contributed by atoms with Crippen LogP contribution in [-0.4, -0.2) is 122 Å². The van der Waals surface area contributed by atoms with E-state index in [4.69, 9.17) is 84.9 Å². The lowest BCUT2D eigenvalue weighted by Gasteiger charge is -2.14. The Labute approximate surface area is 762 Å². The molecule has 0 saturated carbocycles. The number of aromatic carboxylic acids is 1. The van der Waals surface area contributed by atoms with E-state index in [2.05, 4.69) is 88.3 Å². The van der Waals surface area contributed by atoms with Gasteiger partial charge in [0.15, 0.2) is 5.65 Å². The van der Waals surface area contributed by atoms with Crippen molar-refractivity contribution in [3.8, 4) is 17.8 Å². The number of allylic oxidation sites excluding steroid dienone is 1. The molecule has 0 saturated heterocycles. The largest absolute Gasteiger partial charge is 0.478 e. The smallest absolute Gasteiger partial charge is 0.339 e. The molecule has 14 N–H and O–H groups in total. The fourth-order valence-electron chi connectivity index (χ4n) is 10.7. The zero-order chi connectivity index (χ0) is 92.9. The van der Waals surface area contributed by atoms with Crippen molar-refractivity contribution >= 4 is 142 Å². The molecule has 8 heterocycles. The van der Waals surface area contributed by atoms with Crippen molar-refractivity contribution in [2.24, 2.45) is 4.99 Å². The molecule has 11 aromatic rings. The summed E-state index contributed by atoms with van der Waals surface area (Å²) in [5, 5.41) is 34.4. The number of ether oxygens (including phenoxy) is 2. The molecular weight excluding hydrogens is 1760 g/mol. The van der Waals surface area contributed by atoms with Gasteiger partial charge in [0.1, 0.15) is 79.9 Å². The van der Waals surface area contributed by atoms with Crippen LogP contribution < -0.4 is 50.2 Å². The number of aliphatic imine (C=N–C) groups is 1. The maximum Gasteiger partial charge on any atom is 0.339 e. The number of pyridine rings is 5. The summed E-state index contributed by atoms with van der Waals surface area (Å²) in [6.07, 6.45) is 10.6. The zero-order valence-corrected chi connectivity index (χ0v) is 74.6. The van der Waals surface area contributed by atoms with Crippen LogP contribution in [0.4, 0.5) is 56.2 Å². The number of carboxylic acid groups (broad SMARTS) is 1. The Bertz CT molecular complexity index is 5630. The molecule has 126 heavy (non-hydrogen) atoms. The van der Waals surface area contributed by atoms with Crippen LogP contribution in [0.1, 0.15) is 162 Å². The number of Topliss-reactive ketones (excluding diaryl/α,β-unsaturated/α-hetero) is 1. The number of alkyl halides is 3. The fourth-order valence-corrected chi connectivity index (χ4v) is 11.7. The number of carbonyl (C=O) groups is 5. The van der Waals surface area contributed by atoms with Gasteiger partial charge in [-0.1, -0.05) is 101 Å². The number of aromatic nitrogens is 9. The molecule has 12 rings (SSSR count). The van der Waals surface area contributed by atoms with Crippen LogP contribution in [0, 0.1) is 91.5 Å². The highest BCUT2D eigenvalue weighted by Gasteiger charge is 2.22. The number of nitrogens with one attached hydrogen (secondary N) is 3. The Morgan fingerprint density at radius 2 is 1.06 bits per heavy atom. The number of aryl methyl sites for hydroxylation is 9. The van der Waals surface area contributed by atoms with E-state index < -0.39 is 19.0 Å². The van der Waals surface area contributed by atoms with Crippen molar-refractivity contribution in [2.45, 2.75) is 150 Å². The number of rotatable bonds is 15. The number of carboxylic acids is 1. The van der Waals surface area contributed by atoms with Crippen molar-refractivity contribution in [1.82, 2.24) is 44.4 Å². The van der Waals surface area contributed by atoms with E-state index in [9.17, 15) is 33.2 Å². The molecular formula is C92H113Cl2FIN21O9. The number of hydrogen-bond donors (Lipinski definition) is 9. The molecule has 0 spiro atoms. The van der Waals surface area contributed by atoms with Gasteiger partial charge in [0.25, 0.3) is 17.4 Å². The second-order valence-electron chi connectivity index (χ2n) is 26.7. The van der Waals surface area contributed by atoms with Crippen LogP contribution in [0.15, 0.2) is 186 Å². The second kappa shape index (κ2) is 58.5.